The molecule has 0 saturated carbocycles. The van der Waals surface area contributed by atoms with E-state index in [1.165, 1.54) is 57.5 Å². The molecule has 366 valence electrons. The minimum absolute atomic E-state index is 0.120. The molecule has 0 atom stereocenters. The number of nitriles is 1. The fourth-order valence-electron chi connectivity index (χ4n) is 12.4. The first-order valence-corrected chi connectivity index (χ1v) is 28.6. The summed E-state index contributed by atoms with van der Waals surface area (Å²) in [6, 6.07) is 69.2. The van der Waals surface area contributed by atoms with Crippen LogP contribution < -0.4 is 0 Å². The van der Waals surface area contributed by atoms with Crippen LogP contribution in [0.3, 0.4) is 0 Å². The van der Waals surface area contributed by atoms with Crippen molar-refractivity contribution in [2.75, 3.05) is 0 Å². The van der Waals surface area contributed by atoms with Crippen LogP contribution >= 0.6 is 34.0 Å². The maximum absolute atomic E-state index is 12.4. The number of fused-ring (bicyclic) bond motifs is 18. The minimum Gasteiger partial charge on any atom is -0.316 e. The van der Waals surface area contributed by atoms with Gasteiger partial charge >= 0.3 is 0 Å². The second-order valence-electron chi connectivity index (χ2n) is 22.5. The number of nitrogens with zero attached hydrogens (tertiary/aromatic N) is 4. The summed E-state index contributed by atoms with van der Waals surface area (Å²) in [6.45, 7) is 23.2. The SMILES string of the molecule is [C-]#[N+]c1c(-c2ccc(C(C)(C)C)cc2)c(C#N)c(-n2c3ccccc3c3ccc4c5ccccc5sc4c32)c(-c2ccc(C(C)(C)C)cc2)c1-n1c2c(ccc3c4ccccc4sc32)c2ccc3c4ccccc4sc3c21. The van der Waals surface area contributed by atoms with Gasteiger partial charge in [0.2, 0.25) is 5.69 Å². The molecule has 0 aliphatic rings. The number of hydrogen-bond donors (Lipinski definition) is 0. The predicted molar refractivity (Wildman–Crippen MR) is 333 cm³/mol. The Morgan fingerprint density at radius 2 is 0.779 bits per heavy atom. The molecule has 0 bridgehead atoms. The van der Waals surface area contributed by atoms with Crippen molar-refractivity contribution >= 4 is 144 Å². The van der Waals surface area contributed by atoms with Gasteiger partial charge in [0.15, 0.2) is 0 Å². The molecule has 15 rings (SSSR count). The fourth-order valence-corrected chi connectivity index (χ4v) is 16.1. The second kappa shape index (κ2) is 16.5. The molecule has 10 aromatic carbocycles. The monoisotopic (exact) mass is 1040 g/mol. The first-order valence-electron chi connectivity index (χ1n) is 26.2. The van der Waals surface area contributed by atoms with Crippen LogP contribution in [0.15, 0.2) is 182 Å². The molecular weight excluding hydrogens is 993 g/mol. The number of thiophene rings is 3. The smallest absolute Gasteiger partial charge is 0.220 e. The highest BCUT2D eigenvalue weighted by Crippen LogP contribution is 2.56. The summed E-state index contributed by atoms with van der Waals surface area (Å²) in [5.41, 5.74) is 11.9. The lowest BCUT2D eigenvalue weighted by Crippen LogP contribution is -2.12. The van der Waals surface area contributed by atoms with Crippen LogP contribution in [0, 0.1) is 17.9 Å². The van der Waals surface area contributed by atoms with Crippen molar-refractivity contribution in [2.45, 2.75) is 52.4 Å². The van der Waals surface area contributed by atoms with Crippen LogP contribution in [0.5, 0.6) is 0 Å². The fraction of sp³-hybridized carbons (Fsp3) is 0.114. The Bertz CT molecular complexity index is 4990. The van der Waals surface area contributed by atoms with E-state index in [0.29, 0.717) is 16.8 Å². The Labute approximate surface area is 457 Å². The zero-order chi connectivity index (χ0) is 52.2. The van der Waals surface area contributed by atoms with Crippen molar-refractivity contribution in [3.05, 3.63) is 210 Å². The molecule has 0 unspecified atom stereocenters. The molecule has 5 aromatic heterocycles. The molecule has 0 N–H and O–H groups in total. The van der Waals surface area contributed by atoms with Crippen LogP contribution in [0.4, 0.5) is 5.69 Å². The van der Waals surface area contributed by atoms with Gasteiger partial charge in [-0.3, -0.25) is 0 Å². The van der Waals surface area contributed by atoms with E-state index in [-0.39, 0.29) is 10.8 Å². The van der Waals surface area contributed by atoms with E-state index in [9.17, 15) is 11.8 Å². The molecule has 77 heavy (non-hydrogen) atoms. The largest absolute Gasteiger partial charge is 0.316 e. The average Bonchev–Trinajstić information content (AvgIpc) is 4.36. The topological polar surface area (TPSA) is 38.0 Å². The van der Waals surface area contributed by atoms with Crippen LogP contribution in [-0.2, 0) is 10.8 Å². The lowest BCUT2D eigenvalue weighted by molar-refractivity contribution is 0.590. The minimum atomic E-state index is -0.126. The van der Waals surface area contributed by atoms with E-state index in [1.54, 1.807) is 11.3 Å². The van der Waals surface area contributed by atoms with Gasteiger partial charge in [-0.1, -0.05) is 199 Å². The summed E-state index contributed by atoms with van der Waals surface area (Å²) in [6.07, 6.45) is 0. The van der Waals surface area contributed by atoms with E-state index < -0.39 is 0 Å². The van der Waals surface area contributed by atoms with Gasteiger partial charge in [0.05, 0.1) is 59.7 Å². The highest BCUT2D eigenvalue weighted by atomic mass is 32.1. The molecule has 0 saturated heterocycles. The molecule has 0 radical (unpaired) electrons. The standard InChI is InChI=1S/C70H48N4S3/c1-69(2,3)41-28-24-39(25-29-41)58-53(38-71)61(73-54-20-12-8-16-43(54)47-32-35-50-44-17-9-13-21-55(44)75-66(50)62(47)73)59(40-26-30-42(31-27-40)70(4,5)6)65(60(58)72-7)74-63-48(33-36-51-45-18-10-14-22-56(45)76-67(51)63)49-34-37-52-46-19-11-15-23-57(46)77-68(52)64(49)74/h8-37H,1-6H3. The van der Waals surface area contributed by atoms with Crippen molar-refractivity contribution in [1.29, 1.82) is 5.26 Å². The van der Waals surface area contributed by atoms with Crippen molar-refractivity contribution in [3.8, 4) is 39.7 Å². The summed E-state index contributed by atoms with van der Waals surface area (Å²) in [4.78, 5) is 4.79. The highest BCUT2D eigenvalue weighted by Gasteiger charge is 2.34. The number of benzene rings is 10. The van der Waals surface area contributed by atoms with E-state index in [2.05, 4.69) is 239 Å². The maximum Gasteiger partial charge on any atom is 0.220 e. The van der Waals surface area contributed by atoms with Crippen molar-refractivity contribution in [1.82, 2.24) is 9.13 Å². The van der Waals surface area contributed by atoms with Gasteiger partial charge < -0.3 is 9.13 Å². The van der Waals surface area contributed by atoms with Crippen molar-refractivity contribution in [2.24, 2.45) is 0 Å². The molecule has 0 spiro atoms. The summed E-state index contributed by atoms with van der Waals surface area (Å²) >= 11 is 5.44. The van der Waals surface area contributed by atoms with Crippen molar-refractivity contribution < 1.29 is 0 Å². The molecular formula is C70H48N4S3. The van der Waals surface area contributed by atoms with Gasteiger partial charge in [0.25, 0.3) is 0 Å². The summed E-state index contributed by atoms with van der Waals surface area (Å²) in [7, 11) is 0. The molecule has 5 heterocycles. The van der Waals surface area contributed by atoms with Crippen molar-refractivity contribution in [3.63, 3.8) is 0 Å². The lowest BCUT2D eigenvalue weighted by Gasteiger charge is -2.27. The molecule has 0 fully saturated rings. The van der Waals surface area contributed by atoms with Gasteiger partial charge in [-0.2, -0.15) is 5.26 Å². The van der Waals surface area contributed by atoms with Crippen LogP contribution in [-0.4, -0.2) is 9.13 Å². The zero-order valence-corrected chi connectivity index (χ0v) is 45.8. The zero-order valence-electron chi connectivity index (χ0n) is 43.3. The predicted octanol–water partition coefficient (Wildman–Crippen LogP) is 21.3. The third-order valence-electron chi connectivity index (χ3n) is 16.1. The second-order valence-corrected chi connectivity index (χ2v) is 25.7. The van der Waals surface area contributed by atoms with Crippen LogP contribution in [0.2, 0.25) is 0 Å². The number of aromatic nitrogens is 2. The molecule has 4 nitrogen and oxygen atoms in total. The quantitative estimate of drug-likeness (QED) is 0.162. The highest BCUT2D eigenvalue weighted by molar-refractivity contribution is 7.27. The Morgan fingerprint density at radius 3 is 1.21 bits per heavy atom. The number of hydrogen-bond acceptors (Lipinski definition) is 4. The molecule has 0 amide bonds. The van der Waals surface area contributed by atoms with Crippen LogP contribution in [0.1, 0.15) is 58.2 Å². The van der Waals surface area contributed by atoms with Gasteiger partial charge in [0, 0.05) is 79.1 Å². The van der Waals surface area contributed by atoms with Gasteiger partial charge in [-0.25, -0.2) is 4.85 Å². The van der Waals surface area contributed by atoms with Gasteiger partial charge in [0.1, 0.15) is 6.07 Å². The Balaban J connectivity index is 1.26. The number of rotatable bonds is 4. The van der Waals surface area contributed by atoms with E-state index in [0.717, 1.165) is 85.8 Å². The van der Waals surface area contributed by atoms with E-state index >= 15 is 0 Å². The third-order valence-corrected chi connectivity index (χ3v) is 19.7. The van der Waals surface area contributed by atoms with Crippen LogP contribution in [0.25, 0.3) is 143 Å². The Morgan fingerprint density at radius 1 is 0.403 bits per heavy atom. The lowest BCUT2D eigenvalue weighted by atomic mass is 9.83. The van der Waals surface area contributed by atoms with Gasteiger partial charge in [-0.15, -0.1) is 34.0 Å². The van der Waals surface area contributed by atoms with Gasteiger partial charge in [-0.05, 0) is 57.3 Å². The molecule has 0 aliphatic carbocycles. The summed E-state index contributed by atoms with van der Waals surface area (Å²) in [5, 5.41) is 24.0. The maximum atomic E-state index is 12.4. The summed E-state index contributed by atoms with van der Waals surface area (Å²) in [5.74, 6) is 0. The number of para-hydroxylation sites is 1. The Hall–Kier alpha value is -8.56. The average molecular weight is 1040 g/mol. The third kappa shape index (κ3) is 6.52. The van der Waals surface area contributed by atoms with E-state index in [4.69, 9.17) is 4.85 Å². The first kappa shape index (κ1) is 45.8. The Kier molecular flexibility index (Phi) is 9.80. The first-order chi connectivity index (χ1) is 37.4. The molecule has 0 aliphatic heterocycles. The van der Waals surface area contributed by atoms with E-state index in [1.807, 2.05) is 22.7 Å². The molecule has 7 heteroatoms. The normalized spacial score (nSPS) is 12.5. The summed E-state index contributed by atoms with van der Waals surface area (Å²) < 4.78 is 12.0. The molecule has 15 aromatic rings.